The van der Waals surface area contributed by atoms with E-state index in [9.17, 15) is 9.59 Å². The zero-order valence-electron chi connectivity index (χ0n) is 19.8. The molecule has 9 nitrogen and oxygen atoms in total. The Morgan fingerprint density at radius 3 is 2.36 bits per heavy atom. The number of rotatable bonds is 5. The summed E-state index contributed by atoms with van der Waals surface area (Å²) in [5.41, 5.74) is 1.71. The minimum absolute atomic E-state index is 0.265. The second-order valence-electron chi connectivity index (χ2n) is 9.17. The van der Waals surface area contributed by atoms with Gasteiger partial charge in [0.05, 0.1) is 0 Å². The van der Waals surface area contributed by atoms with Crippen molar-refractivity contribution < 1.29 is 0 Å². The molecule has 4 heterocycles. The molecule has 0 saturated carbocycles. The van der Waals surface area contributed by atoms with Crippen LogP contribution in [0.3, 0.4) is 0 Å². The van der Waals surface area contributed by atoms with Gasteiger partial charge in [0.25, 0.3) is 5.56 Å². The van der Waals surface area contributed by atoms with E-state index in [1.54, 1.807) is 7.05 Å². The Labute approximate surface area is 193 Å². The lowest BCUT2D eigenvalue weighted by atomic mass is 10.1. The summed E-state index contributed by atoms with van der Waals surface area (Å²) in [4.78, 5) is 37.5. The lowest BCUT2D eigenvalue weighted by Crippen LogP contribution is -2.52. The summed E-state index contributed by atoms with van der Waals surface area (Å²) in [5, 5.41) is 0. The molecular weight excluding hydrogens is 418 g/mol. The quantitative estimate of drug-likeness (QED) is 0.581. The normalized spacial score (nSPS) is 18.0. The fourth-order valence-corrected chi connectivity index (χ4v) is 5.28. The summed E-state index contributed by atoms with van der Waals surface area (Å²) >= 11 is 0. The fraction of sp³-hybridized carbons (Fsp3) is 0.542. The number of nitrogens with zero attached hydrogens (tertiary/aromatic N) is 7. The average molecular weight is 452 g/mol. The predicted molar refractivity (Wildman–Crippen MR) is 131 cm³/mol. The molecule has 9 heteroatoms. The number of hydrogen-bond donors (Lipinski definition) is 0. The molecule has 176 valence electrons. The minimum Gasteiger partial charge on any atom is -0.369 e. The van der Waals surface area contributed by atoms with Crippen LogP contribution in [0.2, 0.25) is 0 Å². The molecule has 1 saturated heterocycles. The number of para-hydroxylation sites is 1. The molecule has 2 aliphatic heterocycles. The smallest absolute Gasteiger partial charge is 0.332 e. The Balaban J connectivity index is 1.38. The molecule has 5 rings (SSSR count). The van der Waals surface area contributed by atoms with Crippen LogP contribution in [0.1, 0.15) is 19.8 Å². The molecule has 3 aromatic rings. The lowest BCUT2D eigenvalue weighted by molar-refractivity contribution is 0.234. The Bertz CT molecular complexity index is 1250. The third-order valence-electron chi connectivity index (χ3n) is 7.24. The monoisotopic (exact) mass is 451 g/mol. The number of aromatic nitrogens is 4. The van der Waals surface area contributed by atoms with Gasteiger partial charge in [0.2, 0.25) is 5.95 Å². The topological polar surface area (TPSA) is 71.5 Å². The molecule has 0 N–H and O–H groups in total. The van der Waals surface area contributed by atoms with E-state index in [1.165, 1.54) is 21.9 Å². The number of imidazole rings is 1. The van der Waals surface area contributed by atoms with Crippen molar-refractivity contribution in [3.63, 3.8) is 0 Å². The van der Waals surface area contributed by atoms with Crippen LogP contribution in [0.5, 0.6) is 0 Å². The Morgan fingerprint density at radius 1 is 0.939 bits per heavy atom. The molecule has 1 aromatic carbocycles. The number of fused-ring (bicyclic) bond motifs is 3. The van der Waals surface area contributed by atoms with Gasteiger partial charge in [-0.2, -0.15) is 4.98 Å². The van der Waals surface area contributed by atoms with E-state index in [2.05, 4.69) is 52.0 Å². The molecule has 1 fully saturated rings. The van der Waals surface area contributed by atoms with Gasteiger partial charge in [-0.05, 0) is 25.0 Å². The number of anilines is 2. The van der Waals surface area contributed by atoms with E-state index in [-0.39, 0.29) is 11.2 Å². The van der Waals surface area contributed by atoms with Gasteiger partial charge in [-0.25, -0.2) is 4.79 Å². The van der Waals surface area contributed by atoms with E-state index in [4.69, 9.17) is 4.98 Å². The summed E-state index contributed by atoms with van der Waals surface area (Å²) in [7, 11) is 3.23. The summed E-state index contributed by atoms with van der Waals surface area (Å²) < 4.78 is 4.69. The van der Waals surface area contributed by atoms with Crippen LogP contribution >= 0.6 is 0 Å². The highest BCUT2D eigenvalue weighted by atomic mass is 16.2. The van der Waals surface area contributed by atoms with Gasteiger partial charge in [-0.1, -0.05) is 25.1 Å². The van der Waals surface area contributed by atoms with Gasteiger partial charge in [-0.15, -0.1) is 0 Å². The third kappa shape index (κ3) is 3.74. The standard InChI is InChI=1S/C24H33N7O2/c1-4-18(17-28-13-15-29(16-14-28)19-9-6-5-7-10-19)30-11-8-12-31-20-21(25-23(30)31)26(2)24(33)27(3)22(20)32/h5-7,9-10,18H,4,8,11-17H2,1-3H3. The first-order chi connectivity index (χ1) is 16.0. The SMILES string of the molecule is CCC(CN1CCN(c2ccccc2)CC1)N1CCCn2c1nc1c2c(=O)n(C)c(=O)n1C. The first-order valence-electron chi connectivity index (χ1n) is 11.9. The van der Waals surface area contributed by atoms with Crippen molar-refractivity contribution in [2.75, 3.05) is 49.1 Å². The number of benzene rings is 1. The van der Waals surface area contributed by atoms with Gasteiger partial charge in [0, 0.05) is 71.6 Å². The van der Waals surface area contributed by atoms with Crippen molar-refractivity contribution in [2.24, 2.45) is 14.1 Å². The molecule has 1 atom stereocenters. The number of hydrogen-bond acceptors (Lipinski definition) is 6. The van der Waals surface area contributed by atoms with Crippen LogP contribution in [-0.2, 0) is 20.6 Å². The van der Waals surface area contributed by atoms with Gasteiger partial charge in [0.1, 0.15) is 0 Å². The molecule has 1 unspecified atom stereocenters. The van der Waals surface area contributed by atoms with Crippen molar-refractivity contribution in [1.82, 2.24) is 23.6 Å². The molecule has 0 spiro atoms. The summed E-state index contributed by atoms with van der Waals surface area (Å²) in [6.45, 7) is 8.98. The molecule has 2 aliphatic rings. The van der Waals surface area contributed by atoms with E-state index in [0.717, 1.165) is 64.6 Å². The maximum absolute atomic E-state index is 12.9. The van der Waals surface area contributed by atoms with E-state index in [0.29, 0.717) is 17.2 Å². The Kier molecular flexibility index (Phi) is 5.74. The first-order valence-corrected chi connectivity index (χ1v) is 11.9. The first kappa shape index (κ1) is 21.8. The summed E-state index contributed by atoms with van der Waals surface area (Å²) in [5.74, 6) is 0.823. The van der Waals surface area contributed by atoms with Crippen LogP contribution in [0, 0.1) is 0 Å². The van der Waals surface area contributed by atoms with Crippen molar-refractivity contribution in [2.45, 2.75) is 32.4 Å². The van der Waals surface area contributed by atoms with E-state index in [1.807, 2.05) is 4.57 Å². The van der Waals surface area contributed by atoms with Crippen molar-refractivity contribution in [1.29, 1.82) is 0 Å². The third-order valence-corrected chi connectivity index (χ3v) is 7.24. The Morgan fingerprint density at radius 2 is 1.67 bits per heavy atom. The lowest BCUT2D eigenvalue weighted by Gasteiger charge is -2.41. The van der Waals surface area contributed by atoms with Crippen LogP contribution < -0.4 is 21.0 Å². The minimum atomic E-state index is -0.335. The van der Waals surface area contributed by atoms with Gasteiger partial charge < -0.3 is 14.4 Å². The molecule has 0 amide bonds. The average Bonchev–Trinajstić information content (AvgIpc) is 3.26. The van der Waals surface area contributed by atoms with Crippen LogP contribution in [0.15, 0.2) is 39.9 Å². The van der Waals surface area contributed by atoms with Gasteiger partial charge in [0.15, 0.2) is 11.2 Å². The van der Waals surface area contributed by atoms with Crippen LogP contribution in [0.4, 0.5) is 11.6 Å². The Hall–Kier alpha value is -3.07. The van der Waals surface area contributed by atoms with Gasteiger partial charge in [-0.3, -0.25) is 18.8 Å². The highest BCUT2D eigenvalue weighted by Crippen LogP contribution is 2.27. The zero-order chi connectivity index (χ0) is 23.1. The second-order valence-corrected chi connectivity index (χ2v) is 9.17. The van der Waals surface area contributed by atoms with Crippen molar-refractivity contribution in [3.8, 4) is 0 Å². The predicted octanol–water partition coefficient (Wildman–Crippen LogP) is 1.24. The molecule has 33 heavy (non-hydrogen) atoms. The number of aryl methyl sites for hydroxylation is 2. The molecule has 0 bridgehead atoms. The highest BCUT2D eigenvalue weighted by Gasteiger charge is 2.31. The van der Waals surface area contributed by atoms with Crippen LogP contribution in [0.25, 0.3) is 11.2 Å². The molecule has 0 aliphatic carbocycles. The number of piperazine rings is 1. The second kappa shape index (κ2) is 8.70. The molecule has 2 aromatic heterocycles. The van der Waals surface area contributed by atoms with E-state index >= 15 is 0 Å². The zero-order valence-corrected chi connectivity index (χ0v) is 19.8. The van der Waals surface area contributed by atoms with Crippen molar-refractivity contribution in [3.05, 3.63) is 51.2 Å². The maximum atomic E-state index is 12.9. The van der Waals surface area contributed by atoms with Crippen LogP contribution in [-0.4, -0.2) is 68.9 Å². The fourth-order valence-electron chi connectivity index (χ4n) is 5.28. The molecular formula is C24H33N7O2. The summed E-state index contributed by atoms with van der Waals surface area (Å²) in [6, 6.07) is 10.9. The molecule has 0 radical (unpaired) electrons. The largest absolute Gasteiger partial charge is 0.369 e. The van der Waals surface area contributed by atoms with Crippen molar-refractivity contribution >= 4 is 22.8 Å². The van der Waals surface area contributed by atoms with Gasteiger partial charge >= 0.3 is 5.69 Å². The maximum Gasteiger partial charge on any atom is 0.332 e. The van der Waals surface area contributed by atoms with E-state index < -0.39 is 0 Å². The summed E-state index contributed by atoms with van der Waals surface area (Å²) in [6.07, 6.45) is 1.96. The highest BCUT2D eigenvalue weighted by molar-refractivity contribution is 5.75.